The fourth-order valence-corrected chi connectivity index (χ4v) is 4.27. The van der Waals surface area contributed by atoms with E-state index in [4.69, 9.17) is 0 Å². The Labute approximate surface area is 162 Å². The van der Waals surface area contributed by atoms with Gasteiger partial charge in [-0.05, 0) is 24.8 Å². The Kier molecular flexibility index (Phi) is 6.68. The van der Waals surface area contributed by atoms with E-state index in [1.165, 1.54) is 28.7 Å². The molecule has 0 unspecified atom stereocenters. The van der Waals surface area contributed by atoms with Crippen LogP contribution in [0.2, 0.25) is 0 Å². The van der Waals surface area contributed by atoms with Gasteiger partial charge in [0, 0.05) is 24.0 Å². The fraction of sp³-hybridized carbons (Fsp3) is 0.421. The highest BCUT2D eigenvalue weighted by molar-refractivity contribution is 8.00. The number of aryl methyl sites for hydroxylation is 1. The number of aromatic nitrogens is 1. The molecule has 138 valence electrons. The molecule has 0 atom stereocenters. The van der Waals surface area contributed by atoms with E-state index in [0.717, 1.165) is 43.6 Å². The summed E-state index contributed by atoms with van der Waals surface area (Å²) in [5.41, 5.74) is 3.20. The van der Waals surface area contributed by atoms with E-state index < -0.39 is 0 Å². The molecule has 0 aliphatic carbocycles. The van der Waals surface area contributed by atoms with Crippen LogP contribution in [-0.4, -0.2) is 46.3 Å². The van der Waals surface area contributed by atoms with Crippen LogP contribution in [0.1, 0.15) is 25.3 Å². The van der Waals surface area contributed by atoms with Gasteiger partial charge < -0.3 is 10.2 Å². The smallest absolute Gasteiger partial charge is 0.236 e. The van der Waals surface area contributed by atoms with Crippen molar-refractivity contribution < 1.29 is 9.59 Å². The van der Waals surface area contributed by atoms with Gasteiger partial charge in [-0.2, -0.15) is 0 Å². The molecular formula is C19H23N3O2S2. The number of thioether (sulfide) groups is 1. The third kappa shape index (κ3) is 5.08. The molecule has 0 spiro atoms. The maximum atomic E-state index is 12.1. The fourth-order valence-electron chi connectivity index (χ4n) is 2.82. The van der Waals surface area contributed by atoms with Gasteiger partial charge in [0.2, 0.25) is 11.8 Å². The largest absolute Gasteiger partial charge is 0.342 e. The molecule has 1 N–H and O–H groups in total. The van der Waals surface area contributed by atoms with E-state index in [0.29, 0.717) is 10.9 Å². The standard InChI is InChI=1S/C19H23N3O2S2/c1-2-14-5-7-15(8-6-14)16-11-26-19(20-16)21-17(23)12-25-13-18(24)22-9-3-4-10-22/h5-8,11H,2-4,9-10,12-13H2,1H3,(H,20,21,23). The predicted octanol–water partition coefficient (Wildman–Crippen LogP) is 3.67. The van der Waals surface area contributed by atoms with E-state index in [2.05, 4.69) is 41.5 Å². The van der Waals surface area contributed by atoms with Crippen LogP contribution < -0.4 is 5.32 Å². The van der Waals surface area contributed by atoms with Crippen molar-refractivity contribution in [1.82, 2.24) is 9.88 Å². The number of hydrogen-bond donors (Lipinski definition) is 1. The number of hydrogen-bond acceptors (Lipinski definition) is 5. The first-order chi connectivity index (χ1) is 12.7. The molecule has 1 fully saturated rings. The summed E-state index contributed by atoms with van der Waals surface area (Å²) in [7, 11) is 0. The molecule has 1 aliphatic rings. The summed E-state index contributed by atoms with van der Waals surface area (Å²) < 4.78 is 0. The molecule has 1 aromatic carbocycles. The Morgan fingerprint density at radius 3 is 2.62 bits per heavy atom. The van der Waals surface area contributed by atoms with Crippen LogP contribution in [0.3, 0.4) is 0 Å². The van der Waals surface area contributed by atoms with Gasteiger partial charge in [-0.15, -0.1) is 23.1 Å². The lowest BCUT2D eigenvalue weighted by Gasteiger charge is -2.14. The van der Waals surface area contributed by atoms with Crippen molar-refractivity contribution in [3.8, 4) is 11.3 Å². The maximum Gasteiger partial charge on any atom is 0.236 e. The third-order valence-corrected chi connectivity index (χ3v) is 6.00. The van der Waals surface area contributed by atoms with Gasteiger partial charge in [0.1, 0.15) is 0 Å². The van der Waals surface area contributed by atoms with Gasteiger partial charge >= 0.3 is 0 Å². The number of anilines is 1. The number of amides is 2. The SMILES string of the molecule is CCc1ccc(-c2csc(NC(=O)CSCC(=O)N3CCCC3)n2)cc1. The summed E-state index contributed by atoms with van der Waals surface area (Å²) in [5.74, 6) is 0.638. The van der Waals surface area contributed by atoms with E-state index in [9.17, 15) is 9.59 Å². The minimum absolute atomic E-state index is 0.119. The van der Waals surface area contributed by atoms with Crippen LogP contribution in [0.4, 0.5) is 5.13 Å². The highest BCUT2D eigenvalue weighted by Gasteiger charge is 2.18. The lowest BCUT2D eigenvalue weighted by atomic mass is 10.1. The van der Waals surface area contributed by atoms with E-state index >= 15 is 0 Å². The molecule has 5 nitrogen and oxygen atoms in total. The van der Waals surface area contributed by atoms with Crippen molar-refractivity contribution in [3.05, 3.63) is 35.2 Å². The molecule has 2 amide bonds. The minimum atomic E-state index is -0.119. The highest BCUT2D eigenvalue weighted by Crippen LogP contribution is 2.25. The monoisotopic (exact) mass is 389 g/mol. The van der Waals surface area contributed by atoms with Gasteiger partial charge in [0.15, 0.2) is 5.13 Å². The van der Waals surface area contributed by atoms with E-state index in [1.54, 1.807) is 0 Å². The van der Waals surface area contributed by atoms with Crippen LogP contribution in [0.25, 0.3) is 11.3 Å². The van der Waals surface area contributed by atoms with Crippen molar-refractivity contribution in [3.63, 3.8) is 0 Å². The van der Waals surface area contributed by atoms with E-state index in [1.807, 2.05) is 10.3 Å². The van der Waals surface area contributed by atoms with Gasteiger partial charge in [-0.3, -0.25) is 9.59 Å². The lowest BCUT2D eigenvalue weighted by Crippen LogP contribution is -2.29. The summed E-state index contributed by atoms with van der Waals surface area (Å²) in [6, 6.07) is 8.31. The summed E-state index contributed by atoms with van der Waals surface area (Å²) in [5, 5.41) is 5.36. The highest BCUT2D eigenvalue weighted by atomic mass is 32.2. The number of nitrogens with zero attached hydrogens (tertiary/aromatic N) is 2. The first kappa shape index (κ1) is 18.9. The predicted molar refractivity (Wildman–Crippen MR) is 109 cm³/mol. The van der Waals surface area contributed by atoms with Crippen LogP contribution in [0.5, 0.6) is 0 Å². The van der Waals surface area contributed by atoms with E-state index in [-0.39, 0.29) is 17.6 Å². The van der Waals surface area contributed by atoms with Crippen LogP contribution in [-0.2, 0) is 16.0 Å². The Hall–Kier alpha value is -1.86. The van der Waals surface area contributed by atoms with Crippen LogP contribution in [0.15, 0.2) is 29.6 Å². The first-order valence-corrected chi connectivity index (χ1v) is 10.9. The number of rotatable bonds is 7. The van der Waals surface area contributed by atoms with Gasteiger partial charge in [-0.1, -0.05) is 31.2 Å². The molecule has 1 aliphatic heterocycles. The van der Waals surface area contributed by atoms with Crippen molar-refractivity contribution >= 4 is 40.0 Å². The topological polar surface area (TPSA) is 62.3 Å². The average molecular weight is 390 g/mol. The third-order valence-electron chi connectivity index (χ3n) is 4.33. The summed E-state index contributed by atoms with van der Waals surface area (Å²) in [6.45, 7) is 3.83. The molecule has 7 heteroatoms. The number of nitrogens with one attached hydrogen (secondary N) is 1. The van der Waals surface area contributed by atoms with Gasteiger partial charge in [0.25, 0.3) is 0 Å². The number of carbonyl (C=O) groups is 2. The van der Waals surface area contributed by atoms with Crippen LogP contribution in [0, 0.1) is 0 Å². The maximum absolute atomic E-state index is 12.1. The second-order valence-corrected chi connectivity index (χ2v) is 8.06. The van der Waals surface area contributed by atoms with Crippen molar-refractivity contribution in [2.75, 3.05) is 29.9 Å². The summed E-state index contributed by atoms with van der Waals surface area (Å²) in [6.07, 6.45) is 3.19. The molecular weight excluding hydrogens is 366 g/mol. The zero-order chi connectivity index (χ0) is 18.4. The average Bonchev–Trinajstić information content (AvgIpc) is 3.34. The summed E-state index contributed by atoms with van der Waals surface area (Å²) >= 11 is 2.77. The van der Waals surface area contributed by atoms with Crippen molar-refractivity contribution in [1.29, 1.82) is 0 Å². The Bertz CT molecular complexity index is 752. The minimum Gasteiger partial charge on any atom is -0.342 e. The van der Waals surface area contributed by atoms with Crippen molar-refractivity contribution in [2.24, 2.45) is 0 Å². The second-order valence-electron chi connectivity index (χ2n) is 6.22. The molecule has 2 heterocycles. The first-order valence-electron chi connectivity index (χ1n) is 8.86. The van der Waals surface area contributed by atoms with Gasteiger partial charge in [-0.25, -0.2) is 4.98 Å². The summed E-state index contributed by atoms with van der Waals surface area (Å²) in [4.78, 5) is 30.4. The lowest BCUT2D eigenvalue weighted by molar-refractivity contribution is -0.127. The number of carbonyl (C=O) groups excluding carboxylic acids is 2. The Balaban J connectivity index is 1.45. The molecule has 1 aromatic heterocycles. The second kappa shape index (κ2) is 9.19. The molecule has 0 bridgehead atoms. The number of benzene rings is 1. The Morgan fingerprint density at radius 1 is 1.19 bits per heavy atom. The molecule has 0 saturated carbocycles. The molecule has 26 heavy (non-hydrogen) atoms. The van der Waals surface area contributed by atoms with Crippen molar-refractivity contribution in [2.45, 2.75) is 26.2 Å². The zero-order valence-corrected chi connectivity index (χ0v) is 16.5. The number of likely N-dealkylation sites (tertiary alicyclic amines) is 1. The van der Waals surface area contributed by atoms with Gasteiger partial charge in [0.05, 0.1) is 17.2 Å². The van der Waals surface area contributed by atoms with Crippen LogP contribution >= 0.6 is 23.1 Å². The Morgan fingerprint density at radius 2 is 1.92 bits per heavy atom. The molecule has 1 saturated heterocycles. The molecule has 3 rings (SSSR count). The normalized spacial score (nSPS) is 13.8. The number of thiazole rings is 1. The zero-order valence-electron chi connectivity index (χ0n) is 14.9. The molecule has 0 radical (unpaired) electrons. The molecule has 2 aromatic rings. The quantitative estimate of drug-likeness (QED) is 0.785.